The van der Waals surface area contributed by atoms with Crippen LogP contribution in [0.5, 0.6) is 5.75 Å². The van der Waals surface area contributed by atoms with E-state index in [9.17, 15) is 8.42 Å². The number of sulfonamides is 1. The first-order valence-electron chi connectivity index (χ1n) is 9.62. The highest BCUT2D eigenvalue weighted by molar-refractivity contribution is 7.89. The fourth-order valence-electron chi connectivity index (χ4n) is 2.59. The van der Waals surface area contributed by atoms with Crippen LogP contribution in [-0.4, -0.2) is 40.6 Å². The zero-order valence-electron chi connectivity index (χ0n) is 17.4. The molecule has 0 fully saturated rings. The molecule has 0 saturated carbocycles. The molecule has 158 valence electrons. The van der Waals surface area contributed by atoms with Gasteiger partial charge in [-0.2, -0.15) is 0 Å². The fourth-order valence-corrected chi connectivity index (χ4v) is 3.32. The Morgan fingerprint density at radius 1 is 1.10 bits per heavy atom. The maximum Gasteiger partial charge on any atom is 0.240 e. The molecular formula is C21H30N4O3S. The lowest BCUT2D eigenvalue weighted by atomic mass is 10.2. The Balaban J connectivity index is 1.94. The van der Waals surface area contributed by atoms with E-state index in [-0.39, 0.29) is 11.0 Å². The van der Waals surface area contributed by atoms with Crippen molar-refractivity contribution in [2.24, 2.45) is 4.99 Å². The van der Waals surface area contributed by atoms with E-state index in [2.05, 4.69) is 20.3 Å². The summed E-state index contributed by atoms with van der Waals surface area (Å²) in [7, 11) is -2.03. The molecule has 0 aliphatic heterocycles. The smallest absolute Gasteiger partial charge is 0.240 e. The van der Waals surface area contributed by atoms with Crippen molar-refractivity contribution in [3.63, 3.8) is 0 Å². The van der Waals surface area contributed by atoms with E-state index in [1.165, 1.54) is 7.05 Å². The third kappa shape index (κ3) is 7.07. The van der Waals surface area contributed by atoms with Crippen molar-refractivity contribution in [2.75, 3.05) is 20.1 Å². The van der Waals surface area contributed by atoms with Gasteiger partial charge in [0.15, 0.2) is 5.96 Å². The number of nitrogens with one attached hydrogen (secondary N) is 3. The Labute approximate surface area is 173 Å². The van der Waals surface area contributed by atoms with Gasteiger partial charge in [-0.05, 0) is 57.1 Å². The van der Waals surface area contributed by atoms with Crippen LogP contribution in [0.25, 0.3) is 0 Å². The van der Waals surface area contributed by atoms with Gasteiger partial charge in [0.25, 0.3) is 0 Å². The molecule has 1 unspecified atom stereocenters. The van der Waals surface area contributed by atoms with E-state index < -0.39 is 10.0 Å². The van der Waals surface area contributed by atoms with Crippen LogP contribution in [-0.2, 0) is 16.6 Å². The summed E-state index contributed by atoms with van der Waals surface area (Å²) in [5, 5.41) is 6.49. The molecule has 0 aromatic heterocycles. The summed E-state index contributed by atoms with van der Waals surface area (Å²) in [6.45, 7) is 7.79. The topological polar surface area (TPSA) is 91.8 Å². The molecule has 0 spiro atoms. The molecule has 2 rings (SSSR count). The molecule has 3 N–H and O–H groups in total. The third-order valence-corrected chi connectivity index (χ3v) is 5.68. The zero-order valence-corrected chi connectivity index (χ0v) is 18.2. The van der Waals surface area contributed by atoms with Crippen LogP contribution in [0, 0.1) is 6.92 Å². The van der Waals surface area contributed by atoms with Gasteiger partial charge < -0.3 is 15.4 Å². The largest absolute Gasteiger partial charge is 0.489 e. The second-order valence-corrected chi connectivity index (χ2v) is 8.51. The standard InChI is InChI=1S/C21H30N4O3S/c1-5-23-21(24-14-17(3)28-20-9-7-6-8-16(20)2)25-15-18-10-12-19(13-11-18)29(26,27)22-4/h6-13,17,22H,5,14-15H2,1-4H3,(H2,23,24,25). The van der Waals surface area contributed by atoms with E-state index in [1.54, 1.807) is 24.3 Å². The minimum Gasteiger partial charge on any atom is -0.489 e. The molecule has 0 heterocycles. The number of aryl methyl sites for hydroxylation is 1. The Morgan fingerprint density at radius 3 is 2.41 bits per heavy atom. The van der Waals surface area contributed by atoms with Crippen molar-refractivity contribution in [3.8, 4) is 5.75 Å². The summed E-state index contributed by atoms with van der Waals surface area (Å²) in [6, 6.07) is 14.6. The van der Waals surface area contributed by atoms with Crippen LogP contribution in [0.15, 0.2) is 58.4 Å². The molecule has 0 aliphatic carbocycles. The number of hydrogen-bond acceptors (Lipinski definition) is 4. The van der Waals surface area contributed by atoms with Crippen LogP contribution in [0.1, 0.15) is 25.0 Å². The Morgan fingerprint density at radius 2 is 1.79 bits per heavy atom. The van der Waals surface area contributed by atoms with E-state index in [4.69, 9.17) is 4.74 Å². The summed E-state index contributed by atoms with van der Waals surface area (Å²) in [5.41, 5.74) is 2.02. The fraction of sp³-hybridized carbons (Fsp3) is 0.381. The molecule has 29 heavy (non-hydrogen) atoms. The lowest BCUT2D eigenvalue weighted by Crippen LogP contribution is -2.41. The maximum absolute atomic E-state index is 11.8. The monoisotopic (exact) mass is 418 g/mol. The van der Waals surface area contributed by atoms with Gasteiger partial charge in [0, 0.05) is 6.54 Å². The Hall–Kier alpha value is -2.58. The quantitative estimate of drug-likeness (QED) is 0.430. The van der Waals surface area contributed by atoms with Crippen molar-refractivity contribution >= 4 is 16.0 Å². The van der Waals surface area contributed by atoms with Crippen molar-refractivity contribution in [1.29, 1.82) is 0 Å². The number of guanidine groups is 1. The average molecular weight is 419 g/mol. The molecular weight excluding hydrogens is 388 g/mol. The highest BCUT2D eigenvalue weighted by Gasteiger charge is 2.10. The van der Waals surface area contributed by atoms with Gasteiger partial charge in [-0.3, -0.25) is 0 Å². The first-order valence-corrected chi connectivity index (χ1v) is 11.1. The van der Waals surface area contributed by atoms with E-state index in [0.29, 0.717) is 19.0 Å². The van der Waals surface area contributed by atoms with Crippen LogP contribution in [0.2, 0.25) is 0 Å². The van der Waals surface area contributed by atoms with Gasteiger partial charge in [0.1, 0.15) is 11.9 Å². The van der Waals surface area contributed by atoms with E-state index in [0.717, 1.165) is 23.4 Å². The minimum atomic E-state index is -3.43. The van der Waals surface area contributed by atoms with Crippen molar-refractivity contribution in [1.82, 2.24) is 15.4 Å². The number of hydrogen-bond donors (Lipinski definition) is 3. The molecule has 0 radical (unpaired) electrons. The maximum atomic E-state index is 11.8. The van der Waals surface area contributed by atoms with Crippen molar-refractivity contribution in [3.05, 3.63) is 59.7 Å². The second-order valence-electron chi connectivity index (χ2n) is 6.62. The van der Waals surface area contributed by atoms with Gasteiger partial charge in [0.2, 0.25) is 10.0 Å². The number of para-hydroxylation sites is 1. The molecule has 8 heteroatoms. The predicted molar refractivity (Wildman–Crippen MR) is 117 cm³/mol. The van der Waals surface area contributed by atoms with Crippen molar-refractivity contribution in [2.45, 2.75) is 38.3 Å². The normalized spacial score (nSPS) is 13.0. The zero-order chi connectivity index (χ0) is 21.3. The SMILES string of the molecule is CCNC(=NCc1ccc(S(=O)(=O)NC)cc1)NCC(C)Oc1ccccc1C. The first-order chi connectivity index (χ1) is 13.9. The molecule has 7 nitrogen and oxygen atoms in total. The predicted octanol–water partition coefficient (Wildman–Crippen LogP) is 2.43. The number of benzene rings is 2. The second kappa shape index (κ2) is 10.8. The van der Waals surface area contributed by atoms with Gasteiger partial charge in [-0.25, -0.2) is 18.1 Å². The van der Waals surface area contributed by atoms with Crippen molar-refractivity contribution < 1.29 is 13.2 Å². The summed E-state index contributed by atoms with van der Waals surface area (Å²) in [5.74, 6) is 1.56. The summed E-state index contributed by atoms with van der Waals surface area (Å²) < 4.78 is 31.9. The van der Waals surface area contributed by atoms with Gasteiger partial charge in [-0.1, -0.05) is 30.3 Å². The minimum absolute atomic E-state index is 0.0361. The molecule has 0 saturated heterocycles. The summed E-state index contributed by atoms with van der Waals surface area (Å²) in [4.78, 5) is 4.80. The Kier molecular flexibility index (Phi) is 8.48. The number of aliphatic imine (C=N–C) groups is 1. The molecule has 0 aliphatic rings. The van der Waals surface area contributed by atoms with Gasteiger partial charge in [-0.15, -0.1) is 0 Å². The first kappa shape index (κ1) is 22.7. The van der Waals surface area contributed by atoms with Gasteiger partial charge >= 0.3 is 0 Å². The molecule has 1 atom stereocenters. The highest BCUT2D eigenvalue weighted by Crippen LogP contribution is 2.17. The van der Waals surface area contributed by atoms with E-state index >= 15 is 0 Å². The lowest BCUT2D eigenvalue weighted by Gasteiger charge is -2.18. The van der Waals surface area contributed by atoms with Crippen LogP contribution in [0.3, 0.4) is 0 Å². The molecule has 2 aromatic rings. The van der Waals surface area contributed by atoms with Crippen LogP contribution < -0.4 is 20.1 Å². The molecule has 0 bridgehead atoms. The summed E-state index contributed by atoms with van der Waals surface area (Å²) >= 11 is 0. The highest BCUT2D eigenvalue weighted by atomic mass is 32.2. The van der Waals surface area contributed by atoms with Gasteiger partial charge in [0.05, 0.1) is 18.0 Å². The Bertz CT molecular complexity index is 912. The molecule has 2 aromatic carbocycles. The van der Waals surface area contributed by atoms with Crippen LogP contribution in [0.4, 0.5) is 0 Å². The average Bonchev–Trinajstić information content (AvgIpc) is 2.72. The molecule has 0 amide bonds. The number of rotatable bonds is 9. The van der Waals surface area contributed by atoms with Crippen LogP contribution >= 0.6 is 0 Å². The van der Waals surface area contributed by atoms with E-state index in [1.807, 2.05) is 45.0 Å². The lowest BCUT2D eigenvalue weighted by molar-refractivity contribution is 0.222. The number of ether oxygens (including phenoxy) is 1. The number of nitrogens with zero attached hydrogens (tertiary/aromatic N) is 1. The third-order valence-electron chi connectivity index (χ3n) is 4.25. The summed E-state index contributed by atoms with van der Waals surface area (Å²) in [6.07, 6.45) is -0.0361.